The lowest BCUT2D eigenvalue weighted by Crippen LogP contribution is -2.27. The topological polar surface area (TPSA) is 77.7 Å². The number of fused-ring (bicyclic) bond motifs is 1. The predicted octanol–water partition coefficient (Wildman–Crippen LogP) is 4.22. The van der Waals surface area contributed by atoms with E-state index >= 15 is 0 Å². The molecule has 32 heavy (non-hydrogen) atoms. The third-order valence-electron chi connectivity index (χ3n) is 5.50. The Morgan fingerprint density at radius 2 is 1.94 bits per heavy atom. The van der Waals surface area contributed by atoms with Gasteiger partial charge in [-0.15, -0.1) is 0 Å². The molecule has 0 saturated carbocycles. The number of ether oxygens (including phenoxy) is 1. The number of benzene rings is 3. The van der Waals surface area contributed by atoms with Gasteiger partial charge in [-0.2, -0.15) is 5.10 Å². The van der Waals surface area contributed by atoms with Crippen molar-refractivity contribution in [3.8, 4) is 5.75 Å². The van der Waals surface area contributed by atoms with Crippen LogP contribution in [0.5, 0.6) is 5.75 Å². The minimum Gasteiger partial charge on any atom is -0.497 e. The number of rotatable bonds is 6. The predicted molar refractivity (Wildman–Crippen MR) is 123 cm³/mol. The molecular weight excluding hydrogens is 404 g/mol. The molecule has 0 saturated heterocycles. The van der Waals surface area contributed by atoms with E-state index < -0.39 is 6.10 Å². The highest BCUT2D eigenvalue weighted by molar-refractivity contribution is 6.06. The first-order valence-electron chi connectivity index (χ1n) is 10.4. The van der Waals surface area contributed by atoms with Crippen LogP contribution in [0.4, 0.5) is 5.69 Å². The van der Waals surface area contributed by atoms with E-state index in [1.165, 1.54) is 16.3 Å². The monoisotopic (exact) mass is 426 g/mol. The summed E-state index contributed by atoms with van der Waals surface area (Å²) in [6.07, 6.45) is 3.19. The van der Waals surface area contributed by atoms with Gasteiger partial charge in [-0.25, -0.2) is 0 Å². The van der Waals surface area contributed by atoms with Crippen molar-refractivity contribution in [1.29, 1.82) is 0 Å². The van der Waals surface area contributed by atoms with E-state index in [0.717, 1.165) is 17.0 Å². The number of carbonyl (C=O) groups is 1. The minimum atomic E-state index is -0.673. The van der Waals surface area contributed by atoms with Crippen LogP contribution in [0.3, 0.4) is 0 Å². The van der Waals surface area contributed by atoms with E-state index in [0.29, 0.717) is 18.7 Å². The van der Waals surface area contributed by atoms with Crippen LogP contribution in [-0.4, -0.2) is 34.6 Å². The largest absolute Gasteiger partial charge is 0.497 e. The van der Waals surface area contributed by atoms with Crippen molar-refractivity contribution in [2.24, 2.45) is 5.16 Å². The highest BCUT2D eigenvalue weighted by atomic mass is 16.6. The van der Waals surface area contributed by atoms with Crippen LogP contribution in [0.2, 0.25) is 0 Å². The van der Waals surface area contributed by atoms with Crippen molar-refractivity contribution < 1.29 is 14.4 Å². The maximum Gasteiger partial charge on any atom is 0.268 e. The van der Waals surface area contributed by atoms with Gasteiger partial charge in [0.2, 0.25) is 6.10 Å². The Morgan fingerprint density at radius 1 is 1.12 bits per heavy atom. The van der Waals surface area contributed by atoms with Crippen molar-refractivity contribution in [1.82, 2.24) is 9.78 Å². The first-order chi connectivity index (χ1) is 15.7. The summed E-state index contributed by atoms with van der Waals surface area (Å²) in [5.41, 5.74) is 3.43. The van der Waals surface area contributed by atoms with Gasteiger partial charge in [-0.1, -0.05) is 47.6 Å². The number of hydrogen-bond acceptors (Lipinski definition) is 5. The maximum atomic E-state index is 12.7. The van der Waals surface area contributed by atoms with Gasteiger partial charge in [0.25, 0.3) is 5.91 Å². The van der Waals surface area contributed by atoms with Crippen molar-refractivity contribution in [3.63, 3.8) is 0 Å². The molecule has 0 bridgehead atoms. The van der Waals surface area contributed by atoms with Crippen LogP contribution >= 0.6 is 0 Å². The molecule has 160 valence electrons. The zero-order chi connectivity index (χ0) is 21.9. The van der Waals surface area contributed by atoms with Crippen molar-refractivity contribution in [3.05, 3.63) is 90.3 Å². The Hall–Kier alpha value is -4.13. The van der Waals surface area contributed by atoms with Crippen LogP contribution in [-0.2, 0) is 16.2 Å². The van der Waals surface area contributed by atoms with Crippen LogP contribution in [0, 0.1) is 0 Å². The summed E-state index contributed by atoms with van der Waals surface area (Å²) in [6.45, 7) is 0.613. The molecule has 0 aliphatic carbocycles. The SMILES string of the molecule is COc1ccc(C2=NOC(C(=O)Nc3cnn(Cc4cccc5ccccc45)c3)C2)cc1. The van der Waals surface area contributed by atoms with E-state index in [9.17, 15) is 4.79 Å². The maximum absolute atomic E-state index is 12.7. The fourth-order valence-electron chi connectivity index (χ4n) is 3.81. The number of nitrogens with zero attached hydrogens (tertiary/aromatic N) is 3. The van der Waals surface area contributed by atoms with Crippen molar-refractivity contribution in [2.75, 3.05) is 12.4 Å². The first-order valence-corrected chi connectivity index (χ1v) is 10.4. The zero-order valence-electron chi connectivity index (χ0n) is 17.6. The molecule has 1 N–H and O–H groups in total. The third-order valence-corrected chi connectivity index (χ3v) is 5.50. The summed E-state index contributed by atoms with van der Waals surface area (Å²) >= 11 is 0. The second kappa shape index (κ2) is 8.55. The Bertz CT molecular complexity index is 1290. The van der Waals surface area contributed by atoms with Gasteiger partial charge < -0.3 is 14.9 Å². The lowest BCUT2D eigenvalue weighted by molar-refractivity contribution is -0.125. The van der Waals surface area contributed by atoms with E-state index in [4.69, 9.17) is 9.57 Å². The van der Waals surface area contributed by atoms with Gasteiger partial charge in [0.15, 0.2) is 0 Å². The molecule has 1 aliphatic rings. The normalized spacial score (nSPS) is 15.3. The second-order valence-corrected chi connectivity index (χ2v) is 7.62. The first kappa shape index (κ1) is 19.8. The molecule has 0 fully saturated rings. The summed E-state index contributed by atoms with van der Waals surface area (Å²) in [5, 5.41) is 13.7. The number of amides is 1. The van der Waals surface area contributed by atoms with E-state index in [1.54, 1.807) is 13.3 Å². The summed E-state index contributed by atoms with van der Waals surface area (Å²) in [7, 11) is 1.62. The average Bonchev–Trinajstić information content (AvgIpc) is 3.49. The summed E-state index contributed by atoms with van der Waals surface area (Å²) in [6, 6.07) is 22.0. The number of nitrogens with one attached hydrogen (secondary N) is 1. The Balaban J connectivity index is 1.21. The number of methoxy groups -OCH3 is 1. The zero-order valence-corrected chi connectivity index (χ0v) is 17.6. The molecule has 2 heterocycles. The number of hydrogen-bond donors (Lipinski definition) is 1. The molecular formula is C25H22N4O3. The van der Waals surface area contributed by atoms with Gasteiger partial charge in [-0.3, -0.25) is 9.48 Å². The van der Waals surface area contributed by atoms with Crippen LogP contribution in [0.25, 0.3) is 10.8 Å². The van der Waals surface area contributed by atoms with Gasteiger partial charge in [0.05, 0.1) is 31.3 Å². The number of aromatic nitrogens is 2. The average molecular weight is 426 g/mol. The van der Waals surface area contributed by atoms with Crippen molar-refractivity contribution >= 4 is 28.1 Å². The standard InChI is InChI=1S/C25H22N4O3/c1-31-21-11-9-18(10-12-21)23-13-24(32-28-23)25(30)27-20-14-26-29(16-20)15-19-7-4-6-17-5-2-3-8-22(17)19/h2-12,14,16,24H,13,15H2,1H3,(H,27,30). The highest BCUT2D eigenvalue weighted by Gasteiger charge is 2.29. The lowest BCUT2D eigenvalue weighted by Gasteiger charge is -2.08. The molecule has 0 spiro atoms. The Kier molecular flexibility index (Phi) is 5.29. The number of oxime groups is 1. The van der Waals surface area contributed by atoms with Crippen LogP contribution in [0.1, 0.15) is 17.5 Å². The molecule has 1 aliphatic heterocycles. The van der Waals surface area contributed by atoms with Gasteiger partial charge in [-0.05, 0) is 46.2 Å². The van der Waals surface area contributed by atoms with Gasteiger partial charge in [0, 0.05) is 12.6 Å². The molecule has 1 atom stereocenters. The molecule has 1 aromatic heterocycles. The molecule has 1 unspecified atom stereocenters. The second-order valence-electron chi connectivity index (χ2n) is 7.62. The lowest BCUT2D eigenvalue weighted by atomic mass is 10.0. The molecule has 7 heteroatoms. The smallest absolute Gasteiger partial charge is 0.268 e. The summed E-state index contributed by atoms with van der Waals surface area (Å²) in [4.78, 5) is 18.0. The molecule has 5 rings (SSSR count). The van der Waals surface area contributed by atoms with E-state index in [1.807, 2.05) is 53.3 Å². The van der Waals surface area contributed by atoms with Crippen LogP contribution in [0.15, 0.2) is 84.3 Å². The Morgan fingerprint density at radius 3 is 2.78 bits per heavy atom. The van der Waals surface area contributed by atoms with Gasteiger partial charge >= 0.3 is 0 Å². The molecule has 3 aromatic carbocycles. The third kappa shape index (κ3) is 4.05. The van der Waals surface area contributed by atoms with Crippen LogP contribution < -0.4 is 10.1 Å². The molecule has 0 radical (unpaired) electrons. The minimum absolute atomic E-state index is 0.248. The highest BCUT2D eigenvalue weighted by Crippen LogP contribution is 2.22. The molecule has 7 nitrogen and oxygen atoms in total. The molecule has 1 amide bonds. The number of anilines is 1. The number of carbonyl (C=O) groups excluding carboxylic acids is 1. The van der Waals surface area contributed by atoms with E-state index in [2.05, 4.69) is 39.8 Å². The summed E-state index contributed by atoms with van der Waals surface area (Å²) < 4.78 is 6.99. The summed E-state index contributed by atoms with van der Waals surface area (Å²) in [5.74, 6) is 0.519. The van der Waals surface area contributed by atoms with E-state index in [-0.39, 0.29) is 5.91 Å². The fourth-order valence-corrected chi connectivity index (χ4v) is 3.81. The fraction of sp³-hybridized carbons (Fsp3) is 0.160. The molecule has 4 aromatic rings. The quantitative estimate of drug-likeness (QED) is 0.501. The van der Waals surface area contributed by atoms with Crippen molar-refractivity contribution in [2.45, 2.75) is 19.1 Å². The van der Waals surface area contributed by atoms with Gasteiger partial charge in [0.1, 0.15) is 5.75 Å². The Labute approximate surface area is 185 Å².